The molecule has 0 bridgehead atoms. The monoisotopic (exact) mass is 208 g/mol. The Kier molecular flexibility index (Phi) is 2.25. The van der Waals surface area contributed by atoms with Gasteiger partial charge in [0.1, 0.15) is 22.8 Å². The van der Waals surface area contributed by atoms with Crippen LogP contribution in [-0.4, -0.2) is 17.8 Å². The third-order valence-electron chi connectivity index (χ3n) is 2.76. The van der Waals surface area contributed by atoms with Crippen LogP contribution < -0.4 is 9.47 Å². The molecule has 1 aromatic rings. The summed E-state index contributed by atoms with van der Waals surface area (Å²) in [6, 6.07) is 3.45. The Morgan fingerprint density at radius 2 is 2.13 bits per heavy atom. The molecule has 15 heavy (non-hydrogen) atoms. The van der Waals surface area contributed by atoms with E-state index in [1.165, 1.54) is 0 Å². The van der Waals surface area contributed by atoms with Gasteiger partial charge in [-0.05, 0) is 26.7 Å². The Bertz CT molecular complexity index is 383. The van der Waals surface area contributed by atoms with Crippen LogP contribution >= 0.6 is 0 Å². The third kappa shape index (κ3) is 1.87. The number of methoxy groups -OCH3 is 1. The predicted octanol–water partition coefficient (Wildman–Crippen LogP) is 2.50. The van der Waals surface area contributed by atoms with Crippen LogP contribution in [0.1, 0.15) is 25.8 Å². The highest BCUT2D eigenvalue weighted by atomic mass is 16.5. The summed E-state index contributed by atoms with van der Waals surface area (Å²) in [4.78, 5) is 0. The van der Waals surface area contributed by atoms with Gasteiger partial charge in [-0.2, -0.15) is 0 Å². The van der Waals surface area contributed by atoms with E-state index in [1.54, 1.807) is 13.2 Å². The second-order valence-corrected chi connectivity index (χ2v) is 4.48. The molecule has 0 fully saturated rings. The number of fused-ring (bicyclic) bond motifs is 1. The molecule has 0 amide bonds. The van der Waals surface area contributed by atoms with E-state index in [9.17, 15) is 5.11 Å². The molecule has 1 aliphatic rings. The number of rotatable bonds is 1. The molecule has 1 aliphatic heterocycles. The largest absolute Gasteiger partial charge is 0.507 e. The minimum Gasteiger partial charge on any atom is -0.507 e. The lowest BCUT2D eigenvalue weighted by atomic mass is 9.94. The number of aromatic hydroxyl groups is 1. The molecule has 1 N–H and O–H groups in total. The average molecular weight is 208 g/mol. The van der Waals surface area contributed by atoms with Crippen molar-refractivity contribution in [1.82, 2.24) is 0 Å². The van der Waals surface area contributed by atoms with E-state index in [0.717, 1.165) is 24.2 Å². The van der Waals surface area contributed by atoms with Crippen LogP contribution in [0.15, 0.2) is 12.1 Å². The number of phenolic OH excluding ortho intramolecular Hbond substituents is 1. The molecule has 0 atom stereocenters. The van der Waals surface area contributed by atoms with Crippen molar-refractivity contribution in [2.24, 2.45) is 0 Å². The van der Waals surface area contributed by atoms with Gasteiger partial charge in [0, 0.05) is 17.7 Å². The fraction of sp³-hybridized carbons (Fsp3) is 0.500. The summed E-state index contributed by atoms with van der Waals surface area (Å²) in [5, 5.41) is 9.78. The first-order chi connectivity index (χ1) is 7.02. The smallest absolute Gasteiger partial charge is 0.130 e. The summed E-state index contributed by atoms with van der Waals surface area (Å²) in [5.74, 6) is 1.63. The van der Waals surface area contributed by atoms with Crippen molar-refractivity contribution in [3.05, 3.63) is 17.7 Å². The Morgan fingerprint density at radius 1 is 1.40 bits per heavy atom. The molecule has 0 saturated carbocycles. The summed E-state index contributed by atoms with van der Waals surface area (Å²) < 4.78 is 10.9. The standard InChI is InChI=1S/C12H16O3/c1-12(2)5-4-9-10(13)6-8(14-3)7-11(9)15-12/h6-7,13H,4-5H2,1-3H3. The molecule has 2 rings (SSSR count). The highest BCUT2D eigenvalue weighted by molar-refractivity contribution is 5.51. The molecular weight excluding hydrogens is 192 g/mol. The highest BCUT2D eigenvalue weighted by Gasteiger charge is 2.28. The van der Waals surface area contributed by atoms with Crippen molar-refractivity contribution in [3.63, 3.8) is 0 Å². The topological polar surface area (TPSA) is 38.7 Å². The molecule has 0 spiro atoms. The Hall–Kier alpha value is -1.38. The van der Waals surface area contributed by atoms with E-state index in [-0.39, 0.29) is 11.4 Å². The number of phenols is 1. The number of benzene rings is 1. The van der Waals surface area contributed by atoms with Crippen LogP contribution in [0, 0.1) is 0 Å². The lowest BCUT2D eigenvalue weighted by Gasteiger charge is -2.33. The molecule has 3 nitrogen and oxygen atoms in total. The highest BCUT2D eigenvalue weighted by Crippen LogP contribution is 2.40. The second-order valence-electron chi connectivity index (χ2n) is 4.48. The maximum absolute atomic E-state index is 9.78. The van der Waals surface area contributed by atoms with E-state index in [1.807, 2.05) is 19.9 Å². The van der Waals surface area contributed by atoms with Gasteiger partial charge in [0.2, 0.25) is 0 Å². The van der Waals surface area contributed by atoms with Crippen molar-refractivity contribution in [2.75, 3.05) is 7.11 Å². The molecule has 0 aliphatic carbocycles. The first-order valence-electron chi connectivity index (χ1n) is 5.11. The molecule has 0 saturated heterocycles. The maximum atomic E-state index is 9.78. The van der Waals surface area contributed by atoms with Crippen molar-refractivity contribution < 1.29 is 14.6 Å². The van der Waals surface area contributed by atoms with Crippen molar-refractivity contribution in [3.8, 4) is 17.2 Å². The summed E-state index contributed by atoms with van der Waals surface area (Å²) >= 11 is 0. The first-order valence-corrected chi connectivity index (χ1v) is 5.11. The average Bonchev–Trinajstić information content (AvgIpc) is 2.15. The summed E-state index contributed by atoms with van der Waals surface area (Å²) in [5.41, 5.74) is 0.723. The molecule has 3 heteroatoms. The molecular formula is C12H16O3. The summed E-state index contributed by atoms with van der Waals surface area (Å²) in [7, 11) is 1.58. The lowest BCUT2D eigenvalue weighted by Crippen LogP contribution is -2.32. The van der Waals surface area contributed by atoms with Crippen LogP contribution in [0.4, 0.5) is 0 Å². The van der Waals surface area contributed by atoms with E-state index < -0.39 is 0 Å². The van der Waals surface area contributed by atoms with Gasteiger partial charge in [0.05, 0.1) is 7.11 Å². The van der Waals surface area contributed by atoms with Gasteiger partial charge in [0.15, 0.2) is 0 Å². The Labute approximate surface area is 89.6 Å². The fourth-order valence-corrected chi connectivity index (χ4v) is 1.84. The van der Waals surface area contributed by atoms with Gasteiger partial charge in [0.25, 0.3) is 0 Å². The van der Waals surface area contributed by atoms with Crippen molar-refractivity contribution in [1.29, 1.82) is 0 Å². The van der Waals surface area contributed by atoms with Gasteiger partial charge in [-0.3, -0.25) is 0 Å². The van der Waals surface area contributed by atoms with Crippen LogP contribution in [0.3, 0.4) is 0 Å². The second kappa shape index (κ2) is 3.33. The first kappa shape index (κ1) is 10.1. The van der Waals surface area contributed by atoms with Gasteiger partial charge in [-0.25, -0.2) is 0 Å². The van der Waals surface area contributed by atoms with Gasteiger partial charge in [-0.15, -0.1) is 0 Å². The van der Waals surface area contributed by atoms with Gasteiger partial charge >= 0.3 is 0 Å². The van der Waals surface area contributed by atoms with E-state index in [0.29, 0.717) is 5.75 Å². The maximum Gasteiger partial charge on any atom is 0.130 e. The third-order valence-corrected chi connectivity index (χ3v) is 2.76. The lowest BCUT2D eigenvalue weighted by molar-refractivity contribution is 0.0833. The quantitative estimate of drug-likeness (QED) is 0.770. The zero-order valence-corrected chi connectivity index (χ0v) is 9.33. The van der Waals surface area contributed by atoms with Gasteiger partial charge < -0.3 is 14.6 Å². The minimum absolute atomic E-state index is 0.161. The molecule has 1 aromatic carbocycles. The number of hydrogen-bond donors (Lipinski definition) is 1. The van der Waals surface area contributed by atoms with Crippen LogP contribution in [0.5, 0.6) is 17.2 Å². The minimum atomic E-state index is -0.161. The molecule has 0 unspecified atom stereocenters. The molecule has 0 radical (unpaired) electrons. The summed E-state index contributed by atoms with van der Waals surface area (Å²) in [6.07, 6.45) is 1.76. The Balaban J connectivity index is 2.44. The zero-order valence-electron chi connectivity index (χ0n) is 9.33. The number of hydrogen-bond acceptors (Lipinski definition) is 3. The predicted molar refractivity (Wildman–Crippen MR) is 57.7 cm³/mol. The van der Waals surface area contributed by atoms with Crippen molar-refractivity contribution >= 4 is 0 Å². The Morgan fingerprint density at radius 3 is 2.80 bits per heavy atom. The van der Waals surface area contributed by atoms with Crippen LogP contribution in [0.25, 0.3) is 0 Å². The molecule has 0 aromatic heterocycles. The molecule has 82 valence electrons. The van der Waals surface area contributed by atoms with Crippen molar-refractivity contribution in [2.45, 2.75) is 32.3 Å². The van der Waals surface area contributed by atoms with Crippen LogP contribution in [-0.2, 0) is 6.42 Å². The number of ether oxygens (including phenoxy) is 2. The summed E-state index contributed by atoms with van der Waals surface area (Å²) in [6.45, 7) is 4.10. The van der Waals surface area contributed by atoms with Crippen LogP contribution in [0.2, 0.25) is 0 Å². The zero-order chi connectivity index (χ0) is 11.1. The van der Waals surface area contributed by atoms with E-state index in [2.05, 4.69) is 0 Å². The van der Waals surface area contributed by atoms with E-state index in [4.69, 9.17) is 9.47 Å². The van der Waals surface area contributed by atoms with Gasteiger partial charge in [-0.1, -0.05) is 0 Å². The normalized spacial score (nSPS) is 17.8. The van der Waals surface area contributed by atoms with E-state index >= 15 is 0 Å². The fourth-order valence-electron chi connectivity index (χ4n) is 1.84. The SMILES string of the molecule is COc1cc(O)c2c(c1)OC(C)(C)CC2. The molecule has 1 heterocycles.